The summed E-state index contributed by atoms with van der Waals surface area (Å²) in [7, 11) is 0. The number of fused-ring (bicyclic) bond motifs is 1. The van der Waals surface area contributed by atoms with Crippen LogP contribution in [0.3, 0.4) is 0 Å². The fourth-order valence-corrected chi connectivity index (χ4v) is 2.03. The van der Waals surface area contributed by atoms with Crippen molar-refractivity contribution >= 4 is 11.2 Å². The van der Waals surface area contributed by atoms with Crippen molar-refractivity contribution in [2.45, 2.75) is 25.5 Å². The fourth-order valence-electron chi connectivity index (χ4n) is 2.03. The van der Waals surface area contributed by atoms with Gasteiger partial charge in [-0.1, -0.05) is 0 Å². The minimum atomic E-state index is -0.198. The van der Waals surface area contributed by atoms with Gasteiger partial charge < -0.3 is 14.3 Å². The van der Waals surface area contributed by atoms with Gasteiger partial charge in [0.1, 0.15) is 0 Å². The van der Waals surface area contributed by atoms with Crippen molar-refractivity contribution < 1.29 is 4.74 Å². The van der Waals surface area contributed by atoms with E-state index in [1.165, 1.54) is 6.33 Å². The topological polar surface area (TPSA) is 72.8 Å². The average Bonchev–Trinajstić information content (AvgIpc) is 2.90. The van der Waals surface area contributed by atoms with Crippen molar-refractivity contribution in [1.29, 1.82) is 0 Å². The van der Waals surface area contributed by atoms with Gasteiger partial charge in [0.05, 0.1) is 25.3 Å². The Kier molecular flexibility index (Phi) is 2.21. The Morgan fingerprint density at radius 1 is 1.56 bits per heavy atom. The molecule has 1 N–H and O–H groups in total. The summed E-state index contributed by atoms with van der Waals surface area (Å²) in [6.45, 7) is 1.54. The highest BCUT2D eigenvalue weighted by molar-refractivity contribution is 5.68. The molecule has 2 aromatic heterocycles. The first-order valence-electron chi connectivity index (χ1n) is 5.35. The summed E-state index contributed by atoms with van der Waals surface area (Å²) >= 11 is 0. The Hall–Kier alpha value is -1.69. The van der Waals surface area contributed by atoms with Gasteiger partial charge in [-0.15, -0.1) is 0 Å². The Bertz CT molecular complexity index is 553. The van der Waals surface area contributed by atoms with Crippen LogP contribution in [-0.2, 0) is 11.3 Å². The molecule has 1 fully saturated rings. The summed E-state index contributed by atoms with van der Waals surface area (Å²) in [5.74, 6) is 0. The molecule has 84 valence electrons. The van der Waals surface area contributed by atoms with E-state index in [1.54, 1.807) is 6.33 Å². The third-order valence-electron chi connectivity index (χ3n) is 2.83. The molecule has 1 atom stereocenters. The minimum Gasteiger partial charge on any atom is -0.376 e. The van der Waals surface area contributed by atoms with E-state index in [9.17, 15) is 4.79 Å². The second-order valence-electron chi connectivity index (χ2n) is 3.94. The van der Waals surface area contributed by atoms with Crippen LogP contribution in [0.15, 0.2) is 17.4 Å². The Labute approximate surface area is 91.3 Å². The number of aromatic nitrogens is 4. The molecule has 0 unspecified atom stereocenters. The third kappa shape index (κ3) is 1.51. The molecule has 2 aromatic rings. The lowest BCUT2D eigenvalue weighted by Gasteiger charge is -2.09. The predicted octanol–water partition coefficient (Wildman–Crippen LogP) is 0.299. The first kappa shape index (κ1) is 9.53. The lowest BCUT2D eigenvalue weighted by Crippen LogP contribution is -2.15. The predicted molar refractivity (Wildman–Crippen MR) is 57.1 cm³/mol. The number of hydrogen-bond acceptors (Lipinski definition) is 4. The molecule has 0 spiro atoms. The maximum absolute atomic E-state index is 11.4. The molecular weight excluding hydrogens is 208 g/mol. The highest BCUT2D eigenvalue weighted by Gasteiger charge is 2.17. The number of hydrogen-bond donors (Lipinski definition) is 1. The van der Waals surface area contributed by atoms with Crippen molar-refractivity contribution in [1.82, 2.24) is 19.5 Å². The van der Waals surface area contributed by atoms with Crippen LogP contribution >= 0.6 is 0 Å². The van der Waals surface area contributed by atoms with E-state index in [-0.39, 0.29) is 11.7 Å². The lowest BCUT2D eigenvalue weighted by atomic mass is 10.2. The maximum atomic E-state index is 11.4. The number of nitrogens with zero attached hydrogens (tertiary/aromatic N) is 3. The molecule has 0 bridgehead atoms. The molecule has 0 aromatic carbocycles. The molecule has 1 aliphatic heterocycles. The monoisotopic (exact) mass is 220 g/mol. The van der Waals surface area contributed by atoms with Crippen LogP contribution in [0.5, 0.6) is 0 Å². The molecule has 0 saturated carbocycles. The Morgan fingerprint density at radius 3 is 3.31 bits per heavy atom. The molecule has 6 heteroatoms. The number of aromatic amines is 1. The van der Waals surface area contributed by atoms with E-state index in [0.29, 0.717) is 17.7 Å². The number of ether oxygens (including phenoxy) is 1. The molecule has 3 heterocycles. The quantitative estimate of drug-likeness (QED) is 0.790. The second-order valence-corrected chi connectivity index (χ2v) is 3.94. The number of rotatable bonds is 2. The summed E-state index contributed by atoms with van der Waals surface area (Å²) in [6.07, 6.45) is 5.43. The molecule has 0 radical (unpaired) electrons. The molecule has 1 aliphatic rings. The second kappa shape index (κ2) is 3.71. The van der Waals surface area contributed by atoms with E-state index < -0.39 is 0 Å². The minimum absolute atomic E-state index is 0.198. The summed E-state index contributed by atoms with van der Waals surface area (Å²) in [4.78, 5) is 22.1. The van der Waals surface area contributed by atoms with Gasteiger partial charge in [0.25, 0.3) is 5.56 Å². The number of imidazole rings is 1. The van der Waals surface area contributed by atoms with Crippen molar-refractivity contribution in [2.75, 3.05) is 6.61 Å². The van der Waals surface area contributed by atoms with Crippen LogP contribution in [-0.4, -0.2) is 32.2 Å². The van der Waals surface area contributed by atoms with Crippen LogP contribution in [0.1, 0.15) is 12.8 Å². The summed E-state index contributed by atoms with van der Waals surface area (Å²) in [5, 5.41) is 0. The highest BCUT2D eigenvalue weighted by Crippen LogP contribution is 2.15. The zero-order valence-corrected chi connectivity index (χ0v) is 8.72. The zero-order chi connectivity index (χ0) is 11.0. The number of H-pyrrole nitrogens is 1. The number of nitrogens with one attached hydrogen (secondary N) is 1. The molecule has 0 aliphatic carbocycles. The molecule has 1 saturated heterocycles. The normalized spacial score (nSPS) is 20.6. The Balaban J connectivity index is 1.97. The van der Waals surface area contributed by atoms with Crippen molar-refractivity contribution in [3.05, 3.63) is 23.0 Å². The van der Waals surface area contributed by atoms with Gasteiger partial charge in [0, 0.05) is 6.61 Å². The van der Waals surface area contributed by atoms with Gasteiger partial charge in [-0.3, -0.25) is 4.79 Å². The maximum Gasteiger partial charge on any atom is 0.278 e. The van der Waals surface area contributed by atoms with Crippen molar-refractivity contribution in [3.63, 3.8) is 0 Å². The SMILES string of the molecule is O=c1[nH]cnc2c1ncn2C[C@H]1CCCO1. The highest BCUT2D eigenvalue weighted by atomic mass is 16.5. The van der Waals surface area contributed by atoms with E-state index in [4.69, 9.17) is 4.74 Å². The van der Waals surface area contributed by atoms with E-state index in [0.717, 1.165) is 19.4 Å². The molecule has 3 rings (SSSR count). The molecule has 16 heavy (non-hydrogen) atoms. The fraction of sp³-hybridized carbons (Fsp3) is 0.500. The van der Waals surface area contributed by atoms with Gasteiger partial charge >= 0.3 is 0 Å². The van der Waals surface area contributed by atoms with Gasteiger partial charge in [0.2, 0.25) is 0 Å². The molecule has 6 nitrogen and oxygen atoms in total. The third-order valence-corrected chi connectivity index (χ3v) is 2.83. The van der Waals surface area contributed by atoms with Gasteiger partial charge in [-0.25, -0.2) is 9.97 Å². The van der Waals surface area contributed by atoms with Crippen LogP contribution in [0.4, 0.5) is 0 Å². The standard InChI is InChI=1S/C10H12N4O2/c15-10-8-9(11-5-12-10)14(6-13-8)4-7-2-1-3-16-7/h5-7H,1-4H2,(H,11,12,15)/t7-/m1/s1. The van der Waals surface area contributed by atoms with Gasteiger partial charge in [-0.2, -0.15) is 0 Å². The van der Waals surface area contributed by atoms with E-state index in [2.05, 4.69) is 15.0 Å². The van der Waals surface area contributed by atoms with Crippen LogP contribution in [0.2, 0.25) is 0 Å². The van der Waals surface area contributed by atoms with Crippen molar-refractivity contribution in [2.24, 2.45) is 0 Å². The van der Waals surface area contributed by atoms with Crippen molar-refractivity contribution in [3.8, 4) is 0 Å². The average molecular weight is 220 g/mol. The Morgan fingerprint density at radius 2 is 2.50 bits per heavy atom. The van der Waals surface area contributed by atoms with E-state index >= 15 is 0 Å². The lowest BCUT2D eigenvalue weighted by molar-refractivity contribution is 0.0978. The van der Waals surface area contributed by atoms with Crippen LogP contribution in [0.25, 0.3) is 11.2 Å². The zero-order valence-electron chi connectivity index (χ0n) is 8.72. The summed E-state index contributed by atoms with van der Waals surface area (Å²) < 4.78 is 7.42. The smallest absolute Gasteiger partial charge is 0.278 e. The molecular formula is C10H12N4O2. The summed E-state index contributed by atoms with van der Waals surface area (Å²) in [5.41, 5.74) is 0.816. The summed E-state index contributed by atoms with van der Waals surface area (Å²) in [6, 6.07) is 0. The first-order valence-corrected chi connectivity index (χ1v) is 5.35. The largest absolute Gasteiger partial charge is 0.376 e. The van der Waals surface area contributed by atoms with E-state index in [1.807, 2.05) is 4.57 Å². The van der Waals surface area contributed by atoms with Crippen LogP contribution in [0, 0.1) is 0 Å². The van der Waals surface area contributed by atoms with Gasteiger partial charge in [0.15, 0.2) is 11.2 Å². The molecule has 0 amide bonds. The first-order chi connectivity index (χ1) is 7.84. The van der Waals surface area contributed by atoms with Crippen LogP contribution < -0.4 is 5.56 Å². The van der Waals surface area contributed by atoms with Gasteiger partial charge in [-0.05, 0) is 12.8 Å².